The van der Waals surface area contributed by atoms with Crippen LogP contribution in [0.3, 0.4) is 0 Å². The molecule has 0 spiro atoms. The maximum Gasteiger partial charge on any atom is 0.335 e. The van der Waals surface area contributed by atoms with Crippen molar-refractivity contribution in [1.82, 2.24) is 19.6 Å². The van der Waals surface area contributed by atoms with Gasteiger partial charge in [-0.25, -0.2) is 4.79 Å². The highest BCUT2D eigenvalue weighted by Gasteiger charge is 2.29. The third-order valence-corrected chi connectivity index (χ3v) is 7.17. The molecule has 0 aliphatic carbocycles. The monoisotopic (exact) mass is 450 g/mol. The lowest BCUT2D eigenvalue weighted by molar-refractivity contribution is 0.0290. The van der Waals surface area contributed by atoms with Crippen LogP contribution in [0.2, 0.25) is 0 Å². The van der Waals surface area contributed by atoms with Crippen LogP contribution in [0.15, 0.2) is 48.5 Å². The zero-order valence-electron chi connectivity index (χ0n) is 20.3. The molecule has 2 heterocycles. The summed E-state index contributed by atoms with van der Waals surface area (Å²) in [5.74, 6) is -0.871. The fourth-order valence-corrected chi connectivity index (χ4v) is 5.14. The van der Waals surface area contributed by atoms with E-state index in [2.05, 4.69) is 64.8 Å². The van der Waals surface area contributed by atoms with E-state index in [1.165, 1.54) is 16.7 Å². The number of piperazine rings is 2. The SMILES string of the molecule is C[C@@H]1CN(Cc2ccc(C(=O)O)cc2)C[C@H](C)N1Cc1ccc(CN2CCN(C)CC2)cc1. The molecule has 1 N–H and O–H groups in total. The normalized spacial score (nSPS) is 23.6. The Labute approximate surface area is 198 Å². The first-order valence-corrected chi connectivity index (χ1v) is 12.2. The molecule has 2 aliphatic heterocycles. The number of rotatable bonds is 7. The van der Waals surface area contributed by atoms with Gasteiger partial charge in [-0.1, -0.05) is 36.4 Å². The Morgan fingerprint density at radius 2 is 1.21 bits per heavy atom. The molecule has 0 radical (unpaired) electrons. The number of carboxylic acid groups (broad SMARTS) is 1. The smallest absolute Gasteiger partial charge is 0.335 e. The molecule has 178 valence electrons. The Morgan fingerprint density at radius 3 is 1.73 bits per heavy atom. The first-order valence-electron chi connectivity index (χ1n) is 12.2. The number of nitrogens with zero attached hydrogens (tertiary/aromatic N) is 4. The van der Waals surface area contributed by atoms with E-state index in [4.69, 9.17) is 5.11 Å². The minimum absolute atomic E-state index is 0.347. The number of aromatic carboxylic acids is 1. The van der Waals surface area contributed by atoms with Crippen LogP contribution in [0.4, 0.5) is 0 Å². The second-order valence-electron chi connectivity index (χ2n) is 9.96. The van der Waals surface area contributed by atoms with Crippen LogP contribution in [0.5, 0.6) is 0 Å². The molecule has 0 bridgehead atoms. The van der Waals surface area contributed by atoms with E-state index in [1.54, 1.807) is 12.1 Å². The molecule has 6 nitrogen and oxygen atoms in total. The molecule has 6 heteroatoms. The van der Waals surface area contributed by atoms with Gasteiger partial charge in [-0.3, -0.25) is 14.7 Å². The summed E-state index contributed by atoms with van der Waals surface area (Å²) < 4.78 is 0. The minimum atomic E-state index is -0.871. The average molecular weight is 451 g/mol. The Morgan fingerprint density at radius 1 is 0.758 bits per heavy atom. The number of likely N-dealkylation sites (N-methyl/N-ethyl adjacent to an activating group) is 1. The van der Waals surface area contributed by atoms with Gasteiger partial charge in [-0.05, 0) is 49.7 Å². The number of benzene rings is 2. The Kier molecular flexibility index (Phi) is 7.81. The average Bonchev–Trinajstić information content (AvgIpc) is 2.79. The van der Waals surface area contributed by atoms with E-state index < -0.39 is 5.97 Å². The zero-order chi connectivity index (χ0) is 23.4. The molecule has 2 atom stereocenters. The van der Waals surface area contributed by atoms with E-state index in [0.717, 1.165) is 58.9 Å². The Bertz CT molecular complexity index is 895. The molecule has 2 saturated heterocycles. The molecular weight excluding hydrogens is 412 g/mol. The van der Waals surface area contributed by atoms with Crippen LogP contribution in [0.25, 0.3) is 0 Å². The van der Waals surface area contributed by atoms with Crippen molar-refractivity contribution in [2.75, 3.05) is 46.3 Å². The van der Waals surface area contributed by atoms with Crippen LogP contribution < -0.4 is 0 Å². The van der Waals surface area contributed by atoms with Gasteiger partial charge in [-0.2, -0.15) is 0 Å². The van der Waals surface area contributed by atoms with Crippen molar-refractivity contribution in [2.45, 2.75) is 45.6 Å². The van der Waals surface area contributed by atoms with Crippen LogP contribution in [0, 0.1) is 0 Å². The molecule has 0 unspecified atom stereocenters. The molecule has 2 aliphatic rings. The maximum atomic E-state index is 11.1. The largest absolute Gasteiger partial charge is 0.478 e. The van der Waals surface area contributed by atoms with Crippen LogP contribution >= 0.6 is 0 Å². The van der Waals surface area contributed by atoms with Crippen molar-refractivity contribution in [3.63, 3.8) is 0 Å². The predicted octanol–water partition coefficient (Wildman–Crippen LogP) is 3.23. The highest BCUT2D eigenvalue weighted by atomic mass is 16.4. The number of carbonyl (C=O) groups is 1. The Balaban J connectivity index is 1.29. The lowest BCUT2D eigenvalue weighted by Crippen LogP contribution is -2.55. The van der Waals surface area contributed by atoms with Crippen molar-refractivity contribution in [1.29, 1.82) is 0 Å². The van der Waals surface area contributed by atoms with Crippen LogP contribution in [-0.4, -0.2) is 89.1 Å². The summed E-state index contributed by atoms with van der Waals surface area (Å²) in [6.45, 7) is 14.2. The summed E-state index contributed by atoms with van der Waals surface area (Å²) in [6, 6.07) is 17.4. The van der Waals surface area contributed by atoms with Crippen molar-refractivity contribution >= 4 is 5.97 Å². The standard InChI is InChI=1S/C27H38N4O2/c1-21-16-30(19-24-8-10-26(11-9-24)27(32)33)17-22(2)31(21)20-25-6-4-23(5-7-25)18-29-14-12-28(3)13-15-29/h4-11,21-22H,12-20H2,1-3H3,(H,32,33)/t21-,22+. The zero-order valence-corrected chi connectivity index (χ0v) is 20.3. The molecule has 4 rings (SSSR count). The third-order valence-electron chi connectivity index (χ3n) is 7.17. The molecular formula is C27H38N4O2. The van der Waals surface area contributed by atoms with Crippen LogP contribution in [-0.2, 0) is 19.6 Å². The number of carboxylic acids is 1. The molecule has 0 saturated carbocycles. The summed E-state index contributed by atoms with van der Waals surface area (Å²) in [5.41, 5.74) is 4.31. The van der Waals surface area contributed by atoms with Gasteiger partial charge in [0, 0.05) is 71.0 Å². The first-order chi connectivity index (χ1) is 15.9. The van der Waals surface area contributed by atoms with Crippen LogP contribution in [0.1, 0.15) is 40.9 Å². The number of hydrogen-bond acceptors (Lipinski definition) is 5. The highest BCUT2D eigenvalue weighted by molar-refractivity contribution is 5.87. The third kappa shape index (κ3) is 6.42. The molecule has 0 aromatic heterocycles. The van der Waals surface area contributed by atoms with E-state index in [9.17, 15) is 4.79 Å². The van der Waals surface area contributed by atoms with Gasteiger partial charge < -0.3 is 10.0 Å². The summed E-state index contributed by atoms with van der Waals surface area (Å²) >= 11 is 0. The van der Waals surface area contributed by atoms with Gasteiger partial charge >= 0.3 is 5.97 Å². The summed E-state index contributed by atoms with van der Waals surface area (Å²) in [4.78, 5) is 21.1. The van der Waals surface area contributed by atoms with E-state index >= 15 is 0 Å². The predicted molar refractivity (Wildman–Crippen MR) is 132 cm³/mol. The molecule has 2 fully saturated rings. The van der Waals surface area contributed by atoms with Gasteiger partial charge in [-0.15, -0.1) is 0 Å². The van der Waals surface area contributed by atoms with Crippen molar-refractivity contribution in [3.8, 4) is 0 Å². The van der Waals surface area contributed by atoms with E-state index in [0.29, 0.717) is 17.6 Å². The molecule has 0 amide bonds. The van der Waals surface area contributed by atoms with Crippen molar-refractivity contribution < 1.29 is 9.90 Å². The molecule has 33 heavy (non-hydrogen) atoms. The quantitative estimate of drug-likeness (QED) is 0.699. The fraction of sp³-hybridized carbons (Fsp3) is 0.519. The second-order valence-corrected chi connectivity index (χ2v) is 9.96. The maximum absolute atomic E-state index is 11.1. The summed E-state index contributed by atoms with van der Waals surface area (Å²) in [5, 5.41) is 9.09. The number of hydrogen-bond donors (Lipinski definition) is 1. The van der Waals surface area contributed by atoms with Gasteiger partial charge in [0.2, 0.25) is 0 Å². The topological polar surface area (TPSA) is 50.3 Å². The summed E-state index contributed by atoms with van der Waals surface area (Å²) in [7, 11) is 2.20. The first kappa shape index (κ1) is 23.9. The van der Waals surface area contributed by atoms with Gasteiger partial charge in [0.1, 0.15) is 0 Å². The van der Waals surface area contributed by atoms with E-state index in [-0.39, 0.29) is 0 Å². The van der Waals surface area contributed by atoms with Gasteiger partial charge in [0.05, 0.1) is 5.56 Å². The fourth-order valence-electron chi connectivity index (χ4n) is 5.14. The molecule has 2 aromatic rings. The lowest BCUT2D eigenvalue weighted by Gasteiger charge is -2.44. The van der Waals surface area contributed by atoms with Crippen molar-refractivity contribution in [3.05, 3.63) is 70.8 Å². The van der Waals surface area contributed by atoms with E-state index in [1.807, 2.05) is 12.1 Å². The highest BCUT2D eigenvalue weighted by Crippen LogP contribution is 2.21. The lowest BCUT2D eigenvalue weighted by atomic mass is 10.0. The summed E-state index contributed by atoms with van der Waals surface area (Å²) in [6.07, 6.45) is 0. The molecule has 2 aromatic carbocycles. The minimum Gasteiger partial charge on any atom is -0.478 e. The van der Waals surface area contributed by atoms with Crippen molar-refractivity contribution in [2.24, 2.45) is 0 Å². The van der Waals surface area contributed by atoms with Gasteiger partial charge in [0.15, 0.2) is 0 Å². The second kappa shape index (κ2) is 10.8. The Hall–Kier alpha value is -2.25. The van der Waals surface area contributed by atoms with Gasteiger partial charge in [0.25, 0.3) is 0 Å².